The minimum Gasteiger partial charge on any atom is -0.493 e. The molecule has 0 aliphatic heterocycles. The van der Waals surface area contributed by atoms with Gasteiger partial charge in [-0.2, -0.15) is 8.42 Å². The van der Waals surface area contributed by atoms with Gasteiger partial charge < -0.3 is 4.74 Å². The molecule has 0 spiro atoms. The highest BCUT2D eigenvalue weighted by Crippen LogP contribution is 2.32. The van der Waals surface area contributed by atoms with Gasteiger partial charge in [-0.15, -0.1) is 0 Å². The van der Waals surface area contributed by atoms with E-state index in [2.05, 4.69) is 6.92 Å². The van der Waals surface area contributed by atoms with Crippen LogP contribution in [-0.2, 0) is 10.1 Å². The smallest absolute Gasteiger partial charge is 0.294 e. The monoisotopic (exact) mass is 384 g/mol. The Balaban J connectivity index is 2.46. The van der Waals surface area contributed by atoms with Crippen LogP contribution in [0.25, 0.3) is 0 Å². The number of benzene rings is 1. The zero-order valence-corrected chi connectivity index (χ0v) is 17.7. The summed E-state index contributed by atoms with van der Waals surface area (Å²) in [5.74, 6) is 0.846. The molecule has 1 N–H and O–H groups in total. The van der Waals surface area contributed by atoms with Crippen molar-refractivity contribution >= 4 is 10.1 Å². The van der Waals surface area contributed by atoms with Gasteiger partial charge >= 0.3 is 0 Å². The molecule has 0 bridgehead atoms. The summed E-state index contributed by atoms with van der Waals surface area (Å²) in [5, 5.41) is 0. The highest BCUT2D eigenvalue weighted by Gasteiger charge is 2.18. The van der Waals surface area contributed by atoms with E-state index in [9.17, 15) is 13.0 Å². The van der Waals surface area contributed by atoms with Gasteiger partial charge in [0.15, 0.2) is 0 Å². The van der Waals surface area contributed by atoms with E-state index >= 15 is 0 Å². The summed E-state index contributed by atoms with van der Waals surface area (Å²) in [7, 11) is -4.21. The van der Waals surface area contributed by atoms with Gasteiger partial charge in [-0.05, 0) is 42.5 Å². The molecule has 26 heavy (non-hydrogen) atoms. The van der Waals surface area contributed by atoms with E-state index in [1.165, 1.54) is 44.9 Å². The number of hydrogen-bond acceptors (Lipinski definition) is 3. The standard InChI is InChI=1S/C21H36O4S/c1-5-6-7-8-9-10-11-12-13-14-25-20-15-18(4)21(26(22,23)24)16-19(20)17(2)3/h15-17H,5-14H2,1-4H3,(H,22,23,24). The van der Waals surface area contributed by atoms with E-state index in [4.69, 9.17) is 4.74 Å². The summed E-state index contributed by atoms with van der Waals surface area (Å²) in [4.78, 5) is -0.0309. The zero-order chi connectivity index (χ0) is 19.6. The fourth-order valence-electron chi connectivity index (χ4n) is 3.13. The van der Waals surface area contributed by atoms with E-state index in [0.29, 0.717) is 12.2 Å². The van der Waals surface area contributed by atoms with Crippen molar-refractivity contribution < 1.29 is 17.7 Å². The Morgan fingerprint density at radius 1 is 0.962 bits per heavy atom. The summed E-state index contributed by atoms with van der Waals surface area (Å²) in [6.07, 6.45) is 11.4. The van der Waals surface area contributed by atoms with Gasteiger partial charge in [-0.3, -0.25) is 4.55 Å². The zero-order valence-electron chi connectivity index (χ0n) is 16.9. The molecule has 0 unspecified atom stereocenters. The Kier molecular flexibility index (Phi) is 10.3. The molecule has 1 aromatic carbocycles. The largest absolute Gasteiger partial charge is 0.493 e. The van der Waals surface area contributed by atoms with Crippen molar-refractivity contribution in [2.75, 3.05) is 6.61 Å². The quantitative estimate of drug-likeness (QED) is 0.321. The molecule has 5 heteroatoms. The van der Waals surface area contributed by atoms with E-state index in [1.54, 1.807) is 19.1 Å². The van der Waals surface area contributed by atoms with Gasteiger partial charge in [-0.1, -0.05) is 72.1 Å². The molecule has 0 heterocycles. The van der Waals surface area contributed by atoms with Crippen LogP contribution in [0.1, 0.15) is 95.6 Å². The molecule has 0 saturated carbocycles. The summed E-state index contributed by atoms with van der Waals surface area (Å²) < 4.78 is 38.3. The maximum atomic E-state index is 11.5. The fourth-order valence-corrected chi connectivity index (χ4v) is 3.87. The summed E-state index contributed by atoms with van der Waals surface area (Å²) in [6, 6.07) is 3.27. The Labute approximate surface area is 160 Å². The van der Waals surface area contributed by atoms with Gasteiger partial charge in [0, 0.05) is 0 Å². The first-order valence-electron chi connectivity index (χ1n) is 10.0. The molecule has 0 aromatic heterocycles. The molecule has 1 aromatic rings. The van der Waals surface area contributed by atoms with Gasteiger partial charge in [0.25, 0.3) is 10.1 Å². The lowest BCUT2D eigenvalue weighted by Crippen LogP contribution is -2.07. The normalized spacial score (nSPS) is 11.9. The third-order valence-electron chi connectivity index (χ3n) is 4.71. The first-order chi connectivity index (χ1) is 12.3. The lowest BCUT2D eigenvalue weighted by Gasteiger charge is -2.17. The second kappa shape index (κ2) is 11.6. The molecule has 0 atom stereocenters. The molecular formula is C21H36O4S. The molecule has 0 aliphatic rings. The van der Waals surface area contributed by atoms with Crippen molar-refractivity contribution in [1.82, 2.24) is 0 Å². The van der Waals surface area contributed by atoms with Crippen LogP contribution in [-0.4, -0.2) is 19.6 Å². The molecule has 0 radical (unpaired) electrons. The van der Waals surface area contributed by atoms with Crippen molar-refractivity contribution in [1.29, 1.82) is 0 Å². The van der Waals surface area contributed by atoms with Crippen molar-refractivity contribution in [3.63, 3.8) is 0 Å². The van der Waals surface area contributed by atoms with E-state index in [0.717, 1.165) is 24.2 Å². The number of unbranched alkanes of at least 4 members (excludes halogenated alkanes) is 8. The molecule has 0 fully saturated rings. The number of rotatable bonds is 13. The Morgan fingerprint density at radius 3 is 2.00 bits per heavy atom. The molecular weight excluding hydrogens is 348 g/mol. The molecule has 1 rings (SSSR count). The Morgan fingerprint density at radius 2 is 1.50 bits per heavy atom. The number of hydrogen-bond donors (Lipinski definition) is 1. The van der Waals surface area contributed by atoms with Gasteiger partial charge in [0.05, 0.1) is 11.5 Å². The maximum Gasteiger partial charge on any atom is 0.294 e. The minimum absolute atomic E-state index is 0.0309. The van der Waals surface area contributed by atoms with Gasteiger partial charge in [-0.25, -0.2) is 0 Å². The van der Waals surface area contributed by atoms with Gasteiger partial charge in [0.2, 0.25) is 0 Å². The minimum atomic E-state index is -4.21. The lowest BCUT2D eigenvalue weighted by molar-refractivity contribution is 0.300. The second-order valence-corrected chi connectivity index (χ2v) is 8.85. The third-order valence-corrected chi connectivity index (χ3v) is 5.71. The second-order valence-electron chi connectivity index (χ2n) is 7.46. The molecule has 0 saturated heterocycles. The summed E-state index contributed by atoms with van der Waals surface area (Å²) in [5.41, 5.74) is 1.33. The highest BCUT2D eigenvalue weighted by molar-refractivity contribution is 7.85. The van der Waals surface area contributed by atoms with E-state index in [-0.39, 0.29) is 10.8 Å². The van der Waals surface area contributed by atoms with Crippen LogP contribution in [0.2, 0.25) is 0 Å². The fraction of sp³-hybridized carbons (Fsp3) is 0.714. The van der Waals surface area contributed by atoms with Crippen LogP contribution in [0, 0.1) is 6.92 Å². The van der Waals surface area contributed by atoms with Crippen molar-refractivity contribution in [2.45, 2.75) is 96.3 Å². The average Bonchev–Trinajstić information content (AvgIpc) is 2.55. The van der Waals surface area contributed by atoms with Crippen LogP contribution in [0.15, 0.2) is 17.0 Å². The first kappa shape index (κ1) is 23.0. The van der Waals surface area contributed by atoms with Crippen LogP contribution < -0.4 is 4.74 Å². The topological polar surface area (TPSA) is 63.6 Å². The van der Waals surface area contributed by atoms with Crippen molar-refractivity contribution in [3.05, 3.63) is 23.3 Å². The molecule has 0 amide bonds. The van der Waals surface area contributed by atoms with E-state index in [1.807, 2.05) is 13.8 Å². The Bertz CT molecular complexity index is 636. The first-order valence-corrected chi connectivity index (χ1v) is 11.5. The van der Waals surface area contributed by atoms with Crippen LogP contribution >= 0.6 is 0 Å². The lowest BCUT2D eigenvalue weighted by atomic mass is 10.0. The molecule has 150 valence electrons. The van der Waals surface area contributed by atoms with Crippen molar-refractivity contribution in [2.24, 2.45) is 0 Å². The Hall–Kier alpha value is -1.07. The molecule has 4 nitrogen and oxygen atoms in total. The average molecular weight is 385 g/mol. The number of aryl methyl sites for hydroxylation is 1. The predicted molar refractivity (Wildman–Crippen MR) is 108 cm³/mol. The number of ether oxygens (including phenoxy) is 1. The highest BCUT2D eigenvalue weighted by atomic mass is 32.2. The molecule has 0 aliphatic carbocycles. The summed E-state index contributed by atoms with van der Waals surface area (Å²) in [6.45, 7) is 8.54. The third kappa shape index (κ3) is 8.09. The van der Waals surface area contributed by atoms with Crippen molar-refractivity contribution in [3.8, 4) is 5.75 Å². The summed E-state index contributed by atoms with van der Waals surface area (Å²) >= 11 is 0. The SMILES string of the molecule is CCCCCCCCCCCOc1cc(C)c(S(=O)(=O)O)cc1C(C)C. The van der Waals surface area contributed by atoms with Crippen LogP contribution in [0.5, 0.6) is 5.75 Å². The van der Waals surface area contributed by atoms with Crippen LogP contribution in [0.3, 0.4) is 0 Å². The maximum absolute atomic E-state index is 11.5. The van der Waals surface area contributed by atoms with Gasteiger partial charge in [0.1, 0.15) is 5.75 Å². The van der Waals surface area contributed by atoms with Crippen LogP contribution in [0.4, 0.5) is 0 Å². The van der Waals surface area contributed by atoms with E-state index < -0.39 is 10.1 Å². The predicted octanol–water partition coefficient (Wildman–Crippen LogP) is 6.27.